The van der Waals surface area contributed by atoms with Crippen molar-refractivity contribution in [3.8, 4) is 0 Å². The predicted molar refractivity (Wildman–Crippen MR) is 165 cm³/mol. The molecule has 0 bridgehead atoms. The summed E-state index contributed by atoms with van der Waals surface area (Å²) in [4.78, 5) is 39.3. The zero-order chi connectivity index (χ0) is 30.9. The largest absolute Gasteiger partial charge is 0.416 e. The van der Waals surface area contributed by atoms with Crippen molar-refractivity contribution < 1.29 is 22.8 Å². The maximum atomic E-state index is 14.2. The first-order chi connectivity index (χ1) is 21.3. The van der Waals surface area contributed by atoms with Crippen LogP contribution in [0.3, 0.4) is 0 Å². The number of rotatable bonds is 10. The minimum absolute atomic E-state index is 0.134. The fraction of sp³-hybridized carbons (Fsp3) is 0.265. The van der Waals surface area contributed by atoms with Gasteiger partial charge in [-0.1, -0.05) is 54.6 Å². The van der Waals surface area contributed by atoms with Gasteiger partial charge in [-0.3, -0.25) is 19.5 Å². The first-order valence-corrected chi connectivity index (χ1v) is 15.3. The normalized spacial score (nSPS) is 14.9. The Morgan fingerprint density at radius 1 is 0.909 bits per heavy atom. The lowest BCUT2D eigenvalue weighted by Crippen LogP contribution is -2.56. The molecule has 6 nitrogen and oxygen atoms in total. The Kier molecular flexibility index (Phi) is 10.2. The van der Waals surface area contributed by atoms with Crippen LogP contribution in [0.15, 0.2) is 103 Å². The Bertz CT molecular complexity index is 1520. The Hall–Kier alpha value is -4.28. The van der Waals surface area contributed by atoms with Gasteiger partial charge in [0.15, 0.2) is 0 Å². The predicted octanol–water partition coefficient (Wildman–Crippen LogP) is 6.16. The van der Waals surface area contributed by atoms with Gasteiger partial charge < -0.3 is 9.80 Å². The number of pyridine rings is 1. The Labute approximate surface area is 259 Å². The van der Waals surface area contributed by atoms with E-state index in [1.165, 1.54) is 29.2 Å². The molecule has 1 fully saturated rings. The first kappa shape index (κ1) is 31.2. The molecule has 3 heterocycles. The summed E-state index contributed by atoms with van der Waals surface area (Å²) in [5.41, 5.74) is 1.36. The summed E-state index contributed by atoms with van der Waals surface area (Å²) in [6, 6.07) is 21.1. The van der Waals surface area contributed by atoms with E-state index in [1.807, 2.05) is 47.4 Å². The number of alkyl halides is 3. The van der Waals surface area contributed by atoms with Crippen LogP contribution >= 0.6 is 11.3 Å². The number of halogens is 3. The standard InChI is InChI=1S/C34H33F3N4O2S/c35-34(36,37)29-13-10-26(11-14-29)12-15-32(42)41(24-28-8-4-16-38-23-28)31(22-27-6-2-1-3-7-27)33(43)40-19-17-39(18-20-40)25-30-9-5-21-44-30/h1-16,21,23,31H,17-20,22,24-25H2/b15-12-/t31-/m0/s1. The van der Waals surface area contributed by atoms with E-state index < -0.39 is 23.7 Å². The highest BCUT2D eigenvalue weighted by Gasteiger charge is 2.34. The number of aromatic nitrogens is 1. The van der Waals surface area contributed by atoms with Crippen LogP contribution in [-0.4, -0.2) is 63.7 Å². The lowest BCUT2D eigenvalue weighted by molar-refractivity contribution is -0.145. The van der Waals surface area contributed by atoms with Crippen molar-refractivity contribution >= 4 is 29.2 Å². The van der Waals surface area contributed by atoms with Crippen molar-refractivity contribution in [1.29, 1.82) is 0 Å². The van der Waals surface area contributed by atoms with Crippen molar-refractivity contribution in [3.63, 3.8) is 0 Å². The Morgan fingerprint density at radius 3 is 2.27 bits per heavy atom. The Morgan fingerprint density at radius 2 is 1.64 bits per heavy atom. The third kappa shape index (κ3) is 8.42. The summed E-state index contributed by atoms with van der Waals surface area (Å²) in [5.74, 6) is -0.552. The van der Waals surface area contributed by atoms with E-state index in [0.29, 0.717) is 25.1 Å². The minimum Gasteiger partial charge on any atom is -0.338 e. The van der Waals surface area contributed by atoms with Gasteiger partial charge in [-0.15, -0.1) is 11.3 Å². The zero-order valence-electron chi connectivity index (χ0n) is 24.1. The number of hydrogen-bond acceptors (Lipinski definition) is 5. The van der Waals surface area contributed by atoms with Gasteiger partial charge in [0.05, 0.1) is 5.56 Å². The number of thiophene rings is 1. The van der Waals surface area contributed by atoms with E-state index in [1.54, 1.807) is 34.7 Å². The van der Waals surface area contributed by atoms with E-state index in [2.05, 4.69) is 21.3 Å². The van der Waals surface area contributed by atoms with Gasteiger partial charge in [0.1, 0.15) is 6.04 Å². The van der Waals surface area contributed by atoms with Gasteiger partial charge >= 0.3 is 6.18 Å². The number of benzene rings is 2. The number of carbonyl (C=O) groups is 2. The summed E-state index contributed by atoms with van der Waals surface area (Å²) in [7, 11) is 0. The molecule has 1 aliphatic heterocycles. The molecule has 2 aromatic heterocycles. The Balaban J connectivity index is 1.39. The van der Waals surface area contributed by atoms with Crippen LogP contribution in [0.1, 0.15) is 27.1 Å². The molecule has 0 radical (unpaired) electrons. The SMILES string of the molecule is O=C([C@H](Cc1ccccc1)N(Cc1cccnc1)C(=O)/C=C\c1ccc(C(F)(F)F)cc1)N1CCN(Cc2cccs2)CC1. The minimum atomic E-state index is -4.45. The van der Waals surface area contributed by atoms with Crippen LogP contribution in [0, 0.1) is 0 Å². The van der Waals surface area contributed by atoms with E-state index in [0.717, 1.165) is 42.9 Å². The van der Waals surface area contributed by atoms with Crippen molar-refractivity contribution in [2.75, 3.05) is 26.2 Å². The maximum absolute atomic E-state index is 14.2. The van der Waals surface area contributed by atoms with Crippen molar-refractivity contribution in [1.82, 2.24) is 19.7 Å². The lowest BCUT2D eigenvalue weighted by atomic mass is 10.0. The molecule has 1 saturated heterocycles. The molecule has 228 valence electrons. The molecule has 1 aliphatic rings. The smallest absolute Gasteiger partial charge is 0.338 e. The highest BCUT2D eigenvalue weighted by molar-refractivity contribution is 7.09. The van der Waals surface area contributed by atoms with E-state index in [-0.39, 0.29) is 12.5 Å². The van der Waals surface area contributed by atoms with Gasteiger partial charge in [0.2, 0.25) is 11.8 Å². The summed E-state index contributed by atoms with van der Waals surface area (Å²) in [6.07, 6.45) is 1.97. The lowest BCUT2D eigenvalue weighted by Gasteiger charge is -2.39. The van der Waals surface area contributed by atoms with Crippen molar-refractivity contribution in [2.45, 2.75) is 31.7 Å². The van der Waals surface area contributed by atoms with Gasteiger partial charge in [0.25, 0.3) is 0 Å². The number of piperazine rings is 1. The quantitative estimate of drug-likeness (QED) is 0.200. The highest BCUT2D eigenvalue weighted by Crippen LogP contribution is 2.29. The molecule has 0 N–H and O–H groups in total. The van der Waals surface area contributed by atoms with Crippen LogP contribution in [0.25, 0.3) is 6.08 Å². The number of hydrogen-bond donors (Lipinski definition) is 0. The molecule has 0 spiro atoms. The van der Waals surface area contributed by atoms with E-state index >= 15 is 0 Å². The molecular formula is C34H33F3N4O2S. The molecule has 4 aromatic rings. The van der Waals surface area contributed by atoms with Crippen LogP contribution in [-0.2, 0) is 35.3 Å². The third-order valence-electron chi connectivity index (χ3n) is 7.59. The molecule has 1 atom stereocenters. The molecular weight excluding hydrogens is 585 g/mol. The molecule has 0 aliphatic carbocycles. The molecule has 10 heteroatoms. The van der Waals surface area contributed by atoms with Crippen LogP contribution in [0.4, 0.5) is 13.2 Å². The van der Waals surface area contributed by atoms with Crippen LogP contribution in [0.2, 0.25) is 0 Å². The molecule has 2 amide bonds. The van der Waals surface area contributed by atoms with Gasteiger partial charge in [-0.2, -0.15) is 13.2 Å². The molecule has 2 aromatic carbocycles. The van der Waals surface area contributed by atoms with Crippen molar-refractivity contribution in [3.05, 3.63) is 130 Å². The average Bonchev–Trinajstić information content (AvgIpc) is 3.55. The van der Waals surface area contributed by atoms with E-state index in [9.17, 15) is 22.8 Å². The summed E-state index contributed by atoms with van der Waals surface area (Å²) < 4.78 is 39.1. The number of nitrogens with zero attached hydrogens (tertiary/aromatic N) is 4. The molecule has 44 heavy (non-hydrogen) atoms. The van der Waals surface area contributed by atoms with Gasteiger partial charge in [-0.25, -0.2) is 0 Å². The van der Waals surface area contributed by atoms with Crippen LogP contribution < -0.4 is 0 Å². The summed E-state index contributed by atoms with van der Waals surface area (Å²) >= 11 is 1.71. The fourth-order valence-electron chi connectivity index (χ4n) is 5.20. The maximum Gasteiger partial charge on any atom is 0.416 e. The number of amides is 2. The second-order valence-electron chi connectivity index (χ2n) is 10.7. The summed E-state index contributed by atoms with van der Waals surface area (Å²) in [6.45, 7) is 3.54. The highest BCUT2D eigenvalue weighted by atomic mass is 32.1. The third-order valence-corrected chi connectivity index (χ3v) is 8.45. The topological polar surface area (TPSA) is 56.8 Å². The average molecular weight is 619 g/mol. The monoisotopic (exact) mass is 618 g/mol. The second kappa shape index (κ2) is 14.5. The molecule has 0 unspecified atom stereocenters. The second-order valence-corrected chi connectivity index (χ2v) is 11.7. The zero-order valence-corrected chi connectivity index (χ0v) is 24.9. The van der Waals surface area contributed by atoms with Crippen molar-refractivity contribution in [2.24, 2.45) is 0 Å². The molecule has 0 saturated carbocycles. The van der Waals surface area contributed by atoms with Crippen LogP contribution in [0.5, 0.6) is 0 Å². The van der Waals surface area contributed by atoms with Gasteiger partial charge in [-0.05, 0) is 52.4 Å². The fourth-order valence-corrected chi connectivity index (χ4v) is 5.95. The first-order valence-electron chi connectivity index (χ1n) is 14.4. The van der Waals surface area contributed by atoms with E-state index in [4.69, 9.17) is 0 Å². The summed E-state index contributed by atoms with van der Waals surface area (Å²) in [5, 5.41) is 2.06. The number of carbonyl (C=O) groups excluding carboxylic acids is 2. The molecule has 5 rings (SSSR count). The van der Waals surface area contributed by atoms with Gasteiger partial charge in [0, 0.05) is 69.0 Å².